The summed E-state index contributed by atoms with van der Waals surface area (Å²) in [5.74, 6) is 3.00. The van der Waals surface area contributed by atoms with E-state index in [1.165, 1.54) is 0 Å². The summed E-state index contributed by atoms with van der Waals surface area (Å²) >= 11 is 1.90. The van der Waals surface area contributed by atoms with Gasteiger partial charge in [0.2, 0.25) is 5.91 Å². The molecule has 0 radical (unpaired) electrons. The molecule has 1 fully saturated rings. The van der Waals surface area contributed by atoms with Crippen LogP contribution in [0.1, 0.15) is 23.4 Å². The largest absolute Gasteiger partial charge is 0.361 e. The first-order valence-corrected chi connectivity index (χ1v) is 7.32. The van der Waals surface area contributed by atoms with Gasteiger partial charge < -0.3 is 15.2 Å². The highest BCUT2D eigenvalue weighted by atomic mass is 35.5. The van der Waals surface area contributed by atoms with Crippen LogP contribution in [0.15, 0.2) is 4.52 Å². The molecule has 1 aliphatic heterocycles. The molecule has 1 atom stereocenters. The van der Waals surface area contributed by atoms with Crippen LogP contribution in [0.2, 0.25) is 0 Å². The fourth-order valence-electron chi connectivity index (χ4n) is 1.99. The van der Waals surface area contributed by atoms with Gasteiger partial charge in [0, 0.05) is 42.6 Å². The van der Waals surface area contributed by atoms with Crippen LogP contribution in [0.25, 0.3) is 0 Å². The van der Waals surface area contributed by atoms with E-state index in [1.54, 1.807) is 0 Å². The number of hydrogen-bond acceptors (Lipinski definition) is 5. The molecule has 2 rings (SSSR count). The van der Waals surface area contributed by atoms with Gasteiger partial charge in [-0.3, -0.25) is 4.79 Å². The maximum atomic E-state index is 11.8. The number of rotatable bonds is 4. The van der Waals surface area contributed by atoms with E-state index >= 15 is 0 Å². The highest BCUT2D eigenvalue weighted by molar-refractivity contribution is 7.99. The molecule has 1 aliphatic rings. The zero-order valence-electron chi connectivity index (χ0n) is 11.2. The Labute approximate surface area is 123 Å². The number of aromatic nitrogens is 1. The molecule has 1 aromatic heterocycles. The average Bonchev–Trinajstić information content (AvgIpc) is 2.68. The first kappa shape index (κ1) is 16.3. The Balaban J connectivity index is 0.00000180. The third-order valence-corrected chi connectivity index (χ3v) is 4.20. The van der Waals surface area contributed by atoms with Gasteiger partial charge in [-0.15, -0.1) is 12.4 Å². The number of amides is 1. The highest BCUT2D eigenvalue weighted by Crippen LogP contribution is 2.12. The number of nitrogens with zero attached hydrogens (tertiary/aromatic N) is 1. The van der Waals surface area contributed by atoms with Crippen molar-refractivity contribution in [3.63, 3.8) is 0 Å². The summed E-state index contributed by atoms with van der Waals surface area (Å²) in [5.41, 5.74) is 1.83. The van der Waals surface area contributed by atoms with Gasteiger partial charge in [0.25, 0.3) is 0 Å². The predicted molar refractivity (Wildman–Crippen MR) is 78.8 cm³/mol. The minimum Gasteiger partial charge on any atom is -0.361 e. The molecule has 0 spiro atoms. The summed E-state index contributed by atoms with van der Waals surface area (Å²) in [6.07, 6.45) is 0.538. The second-order valence-corrected chi connectivity index (χ2v) is 5.66. The van der Waals surface area contributed by atoms with Gasteiger partial charge in [-0.2, -0.15) is 11.8 Å². The zero-order valence-corrected chi connectivity index (χ0v) is 12.8. The third kappa shape index (κ3) is 4.71. The van der Waals surface area contributed by atoms with Gasteiger partial charge >= 0.3 is 0 Å². The Hall–Kier alpha value is -0.720. The lowest BCUT2D eigenvalue weighted by atomic mass is 10.2. The van der Waals surface area contributed by atoms with Gasteiger partial charge in [-0.1, -0.05) is 5.16 Å². The van der Waals surface area contributed by atoms with Gasteiger partial charge in [-0.05, 0) is 13.8 Å². The van der Waals surface area contributed by atoms with Crippen LogP contribution in [-0.4, -0.2) is 35.2 Å². The van der Waals surface area contributed by atoms with Gasteiger partial charge in [-0.25, -0.2) is 0 Å². The first-order chi connectivity index (χ1) is 8.66. The number of carbonyl (C=O) groups excluding carboxylic acids is 1. The molecule has 1 aromatic rings. The number of aryl methyl sites for hydroxylation is 2. The zero-order chi connectivity index (χ0) is 13.0. The standard InChI is InChI=1S/C12H19N3O2S.ClH/c1-8-11(9(2)17-15-8)6-14-12(16)5-10-7-18-4-3-13-10;/h10,13H,3-7H2,1-2H3,(H,14,16);1H. The lowest BCUT2D eigenvalue weighted by Crippen LogP contribution is -2.41. The van der Waals surface area contributed by atoms with Gasteiger partial charge in [0.15, 0.2) is 0 Å². The molecule has 2 heterocycles. The first-order valence-electron chi connectivity index (χ1n) is 6.16. The molecule has 1 amide bonds. The van der Waals surface area contributed by atoms with E-state index in [9.17, 15) is 4.79 Å². The van der Waals surface area contributed by atoms with Crippen LogP contribution in [0.5, 0.6) is 0 Å². The SMILES string of the molecule is Cc1noc(C)c1CNC(=O)CC1CSCCN1.Cl. The topological polar surface area (TPSA) is 67.2 Å². The van der Waals surface area contributed by atoms with Crippen molar-refractivity contribution in [2.75, 3.05) is 18.1 Å². The van der Waals surface area contributed by atoms with Crippen LogP contribution in [0, 0.1) is 13.8 Å². The van der Waals surface area contributed by atoms with E-state index in [-0.39, 0.29) is 18.3 Å². The summed E-state index contributed by atoms with van der Waals surface area (Å²) in [6.45, 7) is 5.24. The summed E-state index contributed by atoms with van der Waals surface area (Å²) in [6, 6.07) is 0.299. The predicted octanol–water partition coefficient (Wildman–Crippen LogP) is 1.42. The average molecular weight is 306 g/mol. The lowest BCUT2D eigenvalue weighted by molar-refractivity contribution is -0.121. The number of thioether (sulfide) groups is 1. The van der Waals surface area contributed by atoms with Gasteiger partial charge in [0.05, 0.1) is 5.69 Å². The van der Waals surface area contributed by atoms with Crippen molar-refractivity contribution in [2.45, 2.75) is 32.9 Å². The molecule has 1 unspecified atom stereocenters. The minimum absolute atomic E-state index is 0. The quantitative estimate of drug-likeness (QED) is 0.881. The van der Waals surface area contributed by atoms with Crippen LogP contribution >= 0.6 is 24.2 Å². The molecule has 0 saturated carbocycles. The van der Waals surface area contributed by atoms with Crippen molar-refractivity contribution in [1.82, 2.24) is 15.8 Å². The second kappa shape index (κ2) is 7.77. The Kier molecular flexibility index (Phi) is 6.68. The van der Waals surface area contributed by atoms with E-state index in [0.29, 0.717) is 19.0 Å². The Morgan fingerprint density at radius 1 is 1.58 bits per heavy atom. The monoisotopic (exact) mass is 305 g/mol. The molecule has 1 saturated heterocycles. The van der Waals surface area contributed by atoms with Crippen molar-refractivity contribution < 1.29 is 9.32 Å². The van der Waals surface area contributed by atoms with E-state index < -0.39 is 0 Å². The van der Waals surface area contributed by atoms with Crippen LogP contribution < -0.4 is 10.6 Å². The van der Waals surface area contributed by atoms with E-state index in [1.807, 2.05) is 25.6 Å². The smallest absolute Gasteiger partial charge is 0.221 e. The molecule has 7 heteroatoms. The summed E-state index contributed by atoms with van der Waals surface area (Å²) in [7, 11) is 0. The second-order valence-electron chi connectivity index (χ2n) is 4.51. The number of nitrogens with one attached hydrogen (secondary N) is 2. The normalized spacial score (nSPS) is 18.7. The Morgan fingerprint density at radius 3 is 2.95 bits per heavy atom. The third-order valence-electron chi connectivity index (χ3n) is 3.07. The summed E-state index contributed by atoms with van der Waals surface area (Å²) < 4.78 is 5.06. The molecular formula is C12H20ClN3O2S. The maximum absolute atomic E-state index is 11.8. The number of hydrogen-bond donors (Lipinski definition) is 2. The van der Waals surface area contributed by atoms with Crippen molar-refractivity contribution >= 4 is 30.1 Å². The molecule has 2 N–H and O–H groups in total. The van der Waals surface area contributed by atoms with E-state index in [2.05, 4.69) is 15.8 Å². The molecule has 108 valence electrons. The molecule has 0 aromatic carbocycles. The van der Waals surface area contributed by atoms with Crippen molar-refractivity contribution in [2.24, 2.45) is 0 Å². The van der Waals surface area contributed by atoms with Gasteiger partial charge in [0.1, 0.15) is 5.76 Å². The van der Waals surface area contributed by atoms with Crippen molar-refractivity contribution in [3.8, 4) is 0 Å². The maximum Gasteiger partial charge on any atom is 0.221 e. The fraction of sp³-hybridized carbons (Fsp3) is 0.667. The molecule has 5 nitrogen and oxygen atoms in total. The molecule has 0 aliphatic carbocycles. The van der Waals surface area contributed by atoms with E-state index in [0.717, 1.165) is 35.1 Å². The van der Waals surface area contributed by atoms with Crippen molar-refractivity contribution in [1.29, 1.82) is 0 Å². The molecule has 0 bridgehead atoms. The Bertz CT molecular complexity index is 400. The molecular weight excluding hydrogens is 286 g/mol. The van der Waals surface area contributed by atoms with E-state index in [4.69, 9.17) is 4.52 Å². The highest BCUT2D eigenvalue weighted by Gasteiger charge is 2.17. The number of halogens is 1. The fourth-order valence-corrected chi connectivity index (χ4v) is 2.94. The van der Waals surface area contributed by atoms with Crippen molar-refractivity contribution in [3.05, 3.63) is 17.0 Å². The molecule has 19 heavy (non-hydrogen) atoms. The summed E-state index contributed by atoms with van der Waals surface area (Å²) in [5, 5.41) is 10.1. The lowest BCUT2D eigenvalue weighted by Gasteiger charge is -2.22. The van der Waals surface area contributed by atoms with Crippen LogP contribution in [0.3, 0.4) is 0 Å². The number of carbonyl (C=O) groups is 1. The van der Waals surface area contributed by atoms with Crippen LogP contribution in [0.4, 0.5) is 0 Å². The minimum atomic E-state index is 0. The van der Waals surface area contributed by atoms with Crippen LogP contribution in [-0.2, 0) is 11.3 Å². The Morgan fingerprint density at radius 2 is 2.37 bits per heavy atom. The summed E-state index contributed by atoms with van der Waals surface area (Å²) in [4.78, 5) is 11.8.